The summed E-state index contributed by atoms with van der Waals surface area (Å²) in [6, 6.07) is 0.233. The molecule has 2 atom stereocenters. The molecule has 1 heterocycles. The van der Waals surface area contributed by atoms with E-state index in [2.05, 4.69) is 38.0 Å². The fourth-order valence-electron chi connectivity index (χ4n) is 3.44. The molecule has 0 radical (unpaired) electrons. The van der Waals surface area contributed by atoms with Gasteiger partial charge in [0.1, 0.15) is 0 Å². The van der Waals surface area contributed by atoms with E-state index in [-0.39, 0.29) is 11.9 Å². The number of amides is 1. The first kappa shape index (κ1) is 18.4. The Morgan fingerprint density at radius 2 is 1.95 bits per heavy atom. The highest BCUT2D eigenvalue weighted by atomic mass is 32.1. The van der Waals surface area contributed by atoms with Crippen LogP contribution in [0.1, 0.15) is 52.9 Å². The van der Waals surface area contributed by atoms with Gasteiger partial charge in [0.2, 0.25) is 5.91 Å². The SMILES string of the molecule is CCCC(CCC)(C(=O)NC1CCN(C)CC1C)C(N)=S. The van der Waals surface area contributed by atoms with E-state index in [0.717, 1.165) is 45.2 Å². The van der Waals surface area contributed by atoms with Crippen LogP contribution in [0.5, 0.6) is 0 Å². The topological polar surface area (TPSA) is 58.4 Å². The molecule has 1 saturated heterocycles. The molecule has 122 valence electrons. The normalized spacial score (nSPS) is 23.8. The maximum atomic E-state index is 12.9. The van der Waals surface area contributed by atoms with Gasteiger partial charge in [0.25, 0.3) is 0 Å². The molecule has 1 rings (SSSR count). The number of thiocarbonyl (C=S) groups is 1. The highest BCUT2D eigenvalue weighted by Gasteiger charge is 2.41. The van der Waals surface area contributed by atoms with Crippen LogP contribution in [-0.4, -0.2) is 42.0 Å². The summed E-state index contributed by atoms with van der Waals surface area (Å²) in [7, 11) is 2.13. The summed E-state index contributed by atoms with van der Waals surface area (Å²) < 4.78 is 0. The Hall–Kier alpha value is -0.680. The molecule has 4 nitrogen and oxygen atoms in total. The first-order valence-corrected chi connectivity index (χ1v) is 8.57. The van der Waals surface area contributed by atoms with E-state index in [4.69, 9.17) is 18.0 Å². The van der Waals surface area contributed by atoms with E-state index in [1.165, 1.54) is 0 Å². The predicted molar refractivity (Wildman–Crippen MR) is 92.2 cm³/mol. The van der Waals surface area contributed by atoms with Crippen molar-refractivity contribution >= 4 is 23.1 Å². The minimum absolute atomic E-state index is 0.0418. The van der Waals surface area contributed by atoms with Crippen molar-refractivity contribution < 1.29 is 4.79 Å². The van der Waals surface area contributed by atoms with Crippen LogP contribution < -0.4 is 11.1 Å². The second-order valence-electron chi connectivity index (χ2n) is 6.55. The highest BCUT2D eigenvalue weighted by Crippen LogP contribution is 2.31. The number of nitrogens with one attached hydrogen (secondary N) is 1. The summed E-state index contributed by atoms with van der Waals surface area (Å²) in [6.07, 6.45) is 4.29. The number of nitrogens with zero attached hydrogens (tertiary/aromatic N) is 1. The second kappa shape index (κ2) is 8.08. The number of carbonyl (C=O) groups excluding carboxylic acids is 1. The molecule has 0 aromatic heterocycles. The van der Waals surface area contributed by atoms with E-state index >= 15 is 0 Å². The van der Waals surface area contributed by atoms with Crippen LogP contribution in [0.4, 0.5) is 0 Å². The van der Waals surface area contributed by atoms with Gasteiger partial charge in [-0.2, -0.15) is 0 Å². The van der Waals surface area contributed by atoms with Crippen molar-refractivity contribution in [3.8, 4) is 0 Å². The van der Waals surface area contributed by atoms with E-state index < -0.39 is 5.41 Å². The molecule has 5 heteroatoms. The number of hydrogen-bond donors (Lipinski definition) is 2. The summed E-state index contributed by atoms with van der Waals surface area (Å²) in [5, 5.41) is 3.25. The summed E-state index contributed by atoms with van der Waals surface area (Å²) >= 11 is 5.26. The summed E-state index contributed by atoms with van der Waals surface area (Å²) in [6.45, 7) is 8.40. The van der Waals surface area contributed by atoms with Crippen LogP contribution in [0, 0.1) is 11.3 Å². The zero-order valence-corrected chi connectivity index (χ0v) is 14.8. The van der Waals surface area contributed by atoms with Gasteiger partial charge >= 0.3 is 0 Å². The summed E-state index contributed by atoms with van der Waals surface area (Å²) in [5.41, 5.74) is 5.30. The first-order valence-electron chi connectivity index (χ1n) is 8.16. The van der Waals surface area contributed by atoms with Gasteiger partial charge < -0.3 is 16.0 Å². The average Bonchev–Trinajstić information content (AvgIpc) is 2.41. The minimum atomic E-state index is -0.665. The molecule has 21 heavy (non-hydrogen) atoms. The molecule has 0 aromatic carbocycles. The Bertz CT molecular complexity index is 367. The Labute approximate surface area is 134 Å². The molecular formula is C16H31N3OS. The number of piperidine rings is 1. The second-order valence-corrected chi connectivity index (χ2v) is 6.99. The number of hydrogen-bond acceptors (Lipinski definition) is 3. The summed E-state index contributed by atoms with van der Waals surface area (Å²) in [5.74, 6) is 0.500. The Balaban J connectivity index is 2.83. The van der Waals surface area contributed by atoms with Crippen molar-refractivity contribution in [2.45, 2.75) is 58.9 Å². The third-order valence-electron chi connectivity index (χ3n) is 4.68. The van der Waals surface area contributed by atoms with Crippen LogP contribution >= 0.6 is 12.2 Å². The van der Waals surface area contributed by atoms with Crippen LogP contribution in [-0.2, 0) is 4.79 Å². The zero-order valence-electron chi connectivity index (χ0n) is 13.9. The van der Waals surface area contributed by atoms with Crippen molar-refractivity contribution in [2.75, 3.05) is 20.1 Å². The number of likely N-dealkylation sites (tertiary alicyclic amines) is 1. The Morgan fingerprint density at radius 3 is 2.38 bits per heavy atom. The lowest BCUT2D eigenvalue weighted by Gasteiger charge is -2.38. The quantitative estimate of drug-likeness (QED) is 0.708. The van der Waals surface area contributed by atoms with Gasteiger partial charge in [-0.1, -0.05) is 45.8 Å². The van der Waals surface area contributed by atoms with E-state index in [0.29, 0.717) is 10.9 Å². The molecule has 0 aromatic rings. The molecule has 1 fully saturated rings. The molecule has 2 unspecified atom stereocenters. The predicted octanol–water partition coefficient (Wildman–Crippen LogP) is 2.32. The van der Waals surface area contributed by atoms with Gasteiger partial charge in [0, 0.05) is 12.6 Å². The maximum absolute atomic E-state index is 12.9. The van der Waals surface area contributed by atoms with E-state index in [9.17, 15) is 4.79 Å². The van der Waals surface area contributed by atoms with Gasteiger partial charge in [-0.15, -0.1) is 0 Å². The Kier molecular flexibility index (Phi) is 7.07. The fraction of sp³-hybridized carbons (Fsp3) is 0.875. The lowest BCUT2D eigenvalue weighted by atomic mass is 9.77. The molecule has 0 saturated carbocycles. The van der Waals surface area contributed by atoms with Crippen molar-refractivity contribution in [1.82, 2.24) is 10.2 Å². The van der Waals surface area contributed by atoms with Gasteiger partial charge in [0.15, 0.2) is 0 Å². The third-order valence-corrected chi connectivity index (χ3v) is 5.08. The van der Waals surface area contributed by atoms with Gasteiger partial charge in [-0.25, -0.2) is 0 Å². The molecule has 3 N–H and O–H groups in total. The third kappa shape index (κ3) is 4.39. The maximum Gasteiger partial charge on any atom is 0.233 e. The number of carbonyl (C=O) groups is 1. The smallest absolute Gasteiger partial charge is 0.233 e. The molecule has 0 spiro atoms. The molecule has 0 aliphatic carbocycles. The summed E-state index contributed by atoms with van der Waals surface area (Å²) in [4.78, 5) is 15.6. The minimum Gasteiger partial charge on any atom is -0.392 e. The number of nitrogens with two attached hydrogens (primary N) is 1. The van der Waals surface area contributed by atoms with Gasteiger partial charge in [0.05, 0.1) is 10.4 Å². The lowest BCUT2D eigenvalue weighted by molar-refractivity contribution is -0.129. The van der Waals surface area contributed by atoms with Crippen LogP contribution in [0.2, 0.25) is 0 Å². The molecule has 1 aliphatic rings. The zero-order chi connectivity index (χ0) is 16.0. The van der Waals surface area contributed by atoms with Crippen molar-refractivity contribution in [3.63, 3.8) is 0 Å². The Morgan fingerprint density at radius 1 is 1.38 bits per heavy atom. The van der Waals surface area contributed by atoms with E-state index in [1.54, 1.807) is 0 Å². The first-order chi connectivity index (χ1) is 9.87. The van der Waals surface area contributed by atoms with Crippen molar-refractivity contribution in [1.29, 1.82) is 0 Å². The monoisotopic (exact) mass is 313 g/mol. The molecule has 0 bridgehead atoms. The fourth-order valence-corrected chi connectivity index (χ4v) is 3.74. The molecular weight excluding hydrogens is 282 g/mol. The number of rotatable bonds is 7. The van der Waals surface area contributed by atoms with Gasteiger partial charge in [-0.05, 0) is 38.8 Å². The lowest BCUT2D eigenvalue weighted by Crippen LogP contribution is -2.55. The largest absolute Gasteiger partial charge is 0.392 e. The standard InChI is InChI=1S/C16H31N3OS/c1-5-8-16(9-6-2,14(17)21)15(20)18-13-7-10-19(4)11-12(13)3/h12-13H,5-11H2,1-4H3,(H2,17,21)(H,18,20). The van der Waals surface area contributed by atoms with Crippen molar-refractivity contribution in [2.24, 2.45) is 17.1 Å². The van der Waals surface area contributed by atoms with E-state index in [1.807, 2.05) is 0 Å². The van der Waals surface area contributed by atoms with Crippen LogP contribution in [0.3, 0.4) is 0 Å². The highest BCUT2D eigenvalue weighted by molar-refractivity contribution is 7.80. The van der Waals surface area contributed by atoms with Crippen LogP contribution in [0.15, 0.2) is 0 Å². The molecule has 1 amide bonds. The van der Waals surface area contributed by atoms with Crippen LogP contribution in [0.25, 0.3) is 0 Å². The molecule has 1 aliphatic heterocycles. The van der Waals surface area contributed by atoms with Crippen molar-refractivity contribution in [3.05, 3.63) is 0 Å². The van der Waals surface area contributed by atoms with Gasteiger partial charge in [-0.3, -0.25) is 4.79 Å². The average molecular weight is 314 g/mol.